The van der Waals surface area contributed by atoms with E-state index in [0.29, 0.717) is 16.7 Å². The van der Waals surface area contributed by atoms with E-state index < -0.39 is 12.1 Å². The van der Waals surface area contributed by atoms with Gasteiger partial charge < -0.3 is 19.4 Å². The second-order valence-corrected chi connectivity index (χ2v) is 3.76. The molecule has 1 aromatic heterocycles. The molecule has 90 valence electrons. The SMILES string of the molecule is COc1cc(C(O)C(=O)O)c(Cl)c2ccoc12. The van der Waals surface area contributed by atoms with Crippen LogP contribution in [0.3, 0.4) is 0 Å². The molecule has 1 atom stereocenters. The molecule has 0 radical (unpaired) electrons. The molecule has 0 saturated heterocycles. The van der Waals surface area contributed by atoms with Crippen molar-refractivity contribution in [1.29, 1.82) is 0 Å². The number of aliphatic carboxylic acids is 1. The van der Waals surface area contributed by atoms with Crippen LogP contribution in [-0.2, 0) is 4.79 Å². The van der Waals surface area contributed by atoms with Crippen molar-refractivity contribution in [3.05, 3.63) is 29.0 Å². The van der Waals surface area contributed by atoms with Crippen molar-refractivity contribution in [3.63, 3.8) is 0 Å². The van der Waals surface area contributed by atoms with Crippen LogP contribution in [0.4, 0.5) is 0 Å². The Morgan fingerprint density at radius 2 is 2.29 bits per heavy atom. The van der Waals surface area contributed by atoms with Crippen molar-refractivity contribution in [2.45, 2.75) is 6.10 Å². The Morgan fingerprint density at radius 1 is 1.59 bits per heavy atom. The third-order valence-corrected chi connectivity index (χ3v) is 2.84. The van der Waals surface area contributed by atoms with Crippen molar-refractivity contribution < 1.29 is 24.2 Å². The fourth-order valence-electron chi connectivity index (χ4n) is 1.58. The van der Waals surface area contributed by atoms with Crippen molar-refractivity contribution in [1.82, 2.24) is 0 Å². The highest BCUT2D eigenvalue weighted by Crippen LogP contribution is 2.38. The molecule has 0 amide bonds. The average molecular weight is 257 g/mol. The summed E-state index contributed by atoms with van der Waals surface area (Å²) in [4.78, 5) is 10.8. The highest BCUT2D eigenvalue weighted by Gasteiger charge is 2.23. The van der Waals surface area contributed by atoms with Gasteiger partial charge in [0, 0.05) is 10.9 Å². The highest BCUT2D eigenvalue weighted by atomic mass is 35.5. The summed E-state index contributed by atoms with van der Waals surface area (Å²) in [5.74, 6) is -1.05. The molecule has 0 aliphatic carbocycles. The maximum atomic E-state index is 10.8. The van der Waals surface area contributed by atoms with Crippen molar-refractivity contribution in [2.24, 2.45) is 0 Å². The summed E-state index contributed by atoms with van der Waals surface area (Å²) in [5.41, 5.74) is 0.490. The molecule has 1 heterocycles. The van der Waals surface area contributed by atoms with Crippen molar-refractivity contribution >= 4 is 28.5 Å². The molecule has 0 bridgehead atoms. The van der Waals surface area contributed by atoms with Crippen LogP contribution in [0.25, 0.3) is 11.0 Å². The number of methoxy groups -OCH3 is 1. The number of hydrogen-bond acceptors (Lipinski definition) is 4. The quantitative estimate of drug-likeness (QED) is 0.880. The van der Waals surface area contributed by atoms with Crippen LogP contribution in [-0.4, -0.2) is 23.3 Å². The summed E-state index contributed by atoms with van der Waals surface area (Å²) in [6.45, 7) is 0. The number of fused-ring (bicyclic) bond motifs is 1. The topological polar surface area (TPSA) is 79.9 Å². The van der Waals surface area contributed by atoms with Crippen LogP contribution in [0.2, 0.25) is 5.02 Å². The lowest BCUT2D eigenvalue weighted by Gasteiger charge is -2.11. The molecule has 0 aliphatic heterocycles. The molecule has 0 saturated carbocycles. The van der Waals surface area contributed by atoms with Gasteiger partial charge in [-0.1, -0.05) is 11.6 Å². The molecule has 6 heteroatoms. The molecule has 17 heavy (non-hydrogen) atoms. The Morgan fingerprint density at radius 3 is 2.88 bits per heavy atom. The Hall–Kier alpha value is -1.72. The van der Waals surface area contributed by atoms with Gasteiger partial charge >= 0.3 is 5.97 Å². The van der Waals surface area contributed by atoms with Crippen molar-refractivity contribution in [2.75, 3.05) is 7.11 Å². The molecular weight excluding hydrogens is 248 g/mol. The minimum absolute atomic E-state index is 0.0740. The first-order valence-electron chi connectivity index (χ1n) is 4.70. The summed E-state index contributed by atoms with van der Waals surface area (Å²) in [6.07, 6.45) is -0.286. The number of aliphatic hydroxyl groups excluding tert-OH is 1. The first-order chi connectivity index (χ1) is 8.06. The zero-order valence-electron chi connectivity index (χ0n) is 8.81. The Kier molecular flexibility index (Phi) is 2.95. The van der Waals surface area contributed by atoms with E-state index in [9.17, 15) is 9.90 Å². The molecule has 0 fully saturated rings. The van der Waals surface area contributed by atoms with E-state index in [1.165, 1.54) is 19.4 Å². The first kappa shape index (κ1) is 11.8. The fraction of sp³-hybridized carbons (Fsp3) is 0.182. The number of halogens is 1. The van der Waals surface area contributed by atoms with Crippen molar-refractivity contribution in [3.8, 4) is 5.75 Å². The maximum absolute atomic E-state index is 10.8. The lowest BCUT2D eigenvalue weighted by Crippen LogP contribution is -2.11. The number of ether oxygens (including phenoxy) is 1. The number of benzene rings is 1. The molecule has 1 unspecified atom stereocenters. The smallest absolute Gasteiger partial charge is 0.337 e. The van der Waals surface area contributed by atoms with Gasteiger partial charge in [-0.3, -0.25) is 0 Å². The van der Waals surface area contributed by atoms with Gasteiger partial charge in [0.1, 0.15) is 0 Å². The predicted molar refractivity (Wildman–Crippen MR) is 60.4 cm³/mol. The van der Waals surface area contributed by atoms with E-state index >= 15 is 0 Å². The number of carboxylic acid groups (broad SMARTS) is 1. The minimum atomic E-state index is -1.70. The standard InChI is InChI=1S/C11H9ClO5/c1-16-7-4-6(9(13)11(14)15)8(12)5-2-3-17-10(5)7/h2-4,9,13H,1H3,(H,14,15). The molecular formula is C11H9ClO5. The van der Waals surface area contributed by atoms with Gasteiger partial charge in [-0.05, 0) is 12.1 Å². The maximum Gasteiger partial charge on any atom is 0.337 e. The summed E-state index contributed by atoms with van der Waals surface area (Å²) in [7, 11) is 1.42. The fourth-order valence-corrected chi connectivity index (χ4v) is 1.89. The third kappa shape index (κ3) is 1.83. The van der Waals surface area contributed by atoms with E-state index in [0.717, 1.165) is 0 Å². The van der Waals surface area contributed by atoms with Gasteiger partial charge in [0.2, 0.25) is 0 Å². The average Bonchev–Trinajstić information content (AvgIpc) is 2.78. The number of furan rings is 1. The second kappa shape index (κ2) is 4.27. The molecule has 2 aromatic rings. The summed E-state index contributed by atoms with van der Waals surface area (Å²) >= 11 is 6.01. The zero-order chi connectivity index (χ0) is 12.6. The van der Waals surface area contributed by atoms with Crippen LogP contribution in [0, 0.1) is 0 Å². The summed E-state index contributed by atoms with van der Waals surface area (Å²) in [6, 6.07) is 2.94. The number of carbonyl (C=O) groups is 1. The number of aliphatic hydroxyl groups is 1. The molecule has 5 nitrogen and oxygen atoms in total. The number of hydrogen-bond donors (Lipinski definition) is 2. The molecule has 2 rings (SSSR count). The largest absolute Gasteiger partial charge is 0.493 e. The normalized spacial score (nSPS) is 12.6. The van der Waals surface area contributed by atoms with Gasteiger partial charge in [-0.2, -0.15) is 0 Å². The van der Waals surface area contributed by atoms with Gasteiger partial charge in [-0.15, -0.1) is 0 Å². The van der Waals surface area contributed by atoms with Gasteiger partial charge in [0.25, 0.3) is 0 Å². The molecule has 2 N–H and O–H groups in total. The van der Waals surface area contributed by atoms with Crippen LogP contribution in [0.5, 0.6) is 5.75 Å². The number of carboxylic acids is 1. The Labute approximate surface area is 101 Å². The van der Waals surface area contributed by atoms with E-state index in [4.69, 9.17) is 25.9 Å². The lowest BCUT2D eigenvalue weighted by atomic mass is 10.1. The van der Waals surface area contributed by atoms with Gasteiger partial charge in [-0.25, -0.2) is 4.79 Å². The van der Waals surface area contributed by atoms with Crippen LogP contribution < -0.4 is 4.74 Å². The predicted octanol–water partition coefficient (Wildman–Crippen LogP) is 2.21. The van der Waals surface area contributed by atoms with E-state index in [1.807, 2.05) is 0 Å². The van der Waals surface area contributed by atoms with Crippen LogP contribution >= 0.6 is 11.6 Å². The van der Waals surface area contributed by atoms with E-state index in [1.54, 1.807) is 6.07 Å². The van der Waals surface area contributed by atoms with Gasteiger partial charge in [0.05, 0.1) is 18.4 Å². The lowest BCUT2D eigenvalue weighted by molar-refractivity contribution is -0.146. The first-order valence-corrected chi connectivity index (χ1v) is 5.08. The van der Waals surface area contributed by atoms with Crippen LogP contribution in [0.1, 0.15) is 11.7 Å². The van der Waals surface area contributed by atoms with E-state index in [2.05, 4.69) is 0 Å². The third-order valence-electron chi connectivity index (χ3n) is 2.41. The molecule has 0 spiro atoms. The highest BCUT2D eigenvalue weighted by molar-refractivity contribution is 6.36. The number of rotatable bonds is 3. The second-order valence-electron chi connectivity index (χ2n) is 3.39. The zero-order valence-corrected chi connectivity index (χ0v) is 9.56. The Balaban J connectivity index is 2.71. The molecule has 1 aromatic carbocycles. The molecule has 0 aliphatic rings. The van der Waals surface area contributed by atoms with E-state index in [-0.39, 0.29) is 10.6 Å². The van der Waals surface area contributed by atoms with Crippen LogP contribution in [0.15, 0.2) is 22.8 Å². The summed E-state index contributed by atoms with van der Waals surface area (Å²) in [5, 5.41) is 18.9. The summed E-state index contributed by atoms with van der Waals surface area (Å²) < 4.78 is 10.2. The minimum Gasteiger partial charge on any atom is -0.493 e. The Bertz CT molecular complexity index is 574. The monoisotopic (exact) mass is 256 g/mol. The van der Waals surface area contributed by atoms with Gasteiger partial charge in [0.15, 0.2) is 17.4 Å².